The van der Waals surface area contributed by atoms with Crippen molar-refractivity contribution >= 4 is 27.7 Å². The molecule has 0 spiro atoms. The molecule has 2 aromatic heterocycles. The van der Waals surface area contributed by atoms with Crippen molar-refractivity contribution < 1.29 is 9.53 Å². The van der Waals surface area contributed by atoms with Gasteiger partial charge in [0.25, 0.3) is 5.56 Å². The van der Waals surface area contributed by atoms with Crippen molar-refractivity contribution in [3.8, 4) is 5.75 Å². The standard InChI is InChI=1S/C23H24N4O3/c1-4-19(22(28)24-13-15-9-11-16(30-3)12-10-15)27-20-8-6-5-7-17(20)18-14-25-26(2)23(29)21(18)27/h5-12,14,19H,4,13H2,1-3H3,(H,24,28)/t19-/m1/s1. The van der Waals surface area contributed by atoms with Crippen LogP contribution >= 0.6 is 0 Å². The van der Waals surface area contributed by atoms with Crippen LogP contribution in [0.1, 0.15) is 24.9 Å². The van der Waals surface area contributed by atoms with Gasteiger partial charge < -0.3 is 14.6 Å². The molecule has 154 valence electrons. The fraction of sp³-hybridized carbons (Fsp3) is 0.261. The lowest BCUT2D eigenvalue weighted by Gasteiger charge is -2.19. The Hall–Kier alpha value is -3.61. The topological polar surface area (TPSA) is 78.2 Å². The van der Waals surface area contributed by atoms with Gasteiger partial charge in [-0.3, -0.25) is 9.59 Å². The number of aryl methyl sites for hydroxylation is 1. The number of benzene rings is 2. The van der Waals surface area contributed by atoms with E-state index < -0.39 is 6.04 Å². The van der Waals surface area contributed by atoms with E-state index in [4.69, 9.17) is 4.74 Å². The highest BCUT2D eigenvalue weighted by molar-refractivity contribution is 6.08. The smallest absolute Gasteiger partial charge is 0.291 e. The summed E-state index contributed by atoms with van der Waals surface area (Å²) in [5.74, 6) is 0.640. The number of para-hydroxylation sites is 1. The van der Waals surface area contributed by atoms with Gasteiger partial charge in [0.05, 0.1) is 18.8 Å². The zero-order chi connectivity index (χ0) is 21.3. The fourth-order valence-electron chi connectivity index (χ4n) is 3.85. The number of carbonyl (C=O) groups is 1. The highest BCUT2D eigenvalue weighted by Gasteiger charge is 2.25. The van der Waals surface area contributed by atoms with Gasteiger partial charge in [-0.15, -0.1) is 0 Å². The summed E-state index contributed by atoms with van der Waals surface area (Å²) in [4.78, 5) is 26.1. The zero-order valence-electron chi connectivity index (χ0n) is 17.3. The second-order valence-corrected chi connectivity index (χ2v) is 7.21. The Morgan fingerprint density at radius 3 is 2.57 bits per heavy atom. The molecule has 7 nitrogen and oxygen atoms in total. The molecule has 0 radical (unpaired) electrons. The summed E-state index contributed by atoms with van der Waals surface area (Å²) in [5.41, 5.74) is 2.11. The number of amides is 1. The number of ether oxygens (including phenoxy) is 1. The summed E-state index contributed by atoms with van der Waals surface area (Å²) in [7, 11) is 3.24. The molecule has 4 rings (SSSR count). The van der Waals surface area contributed by atoms with Crippen molar-refractivity contribution in [2.24, 2.45) is 7.05 Å². The maximum absolute atomic E-state index is 13.2. The van der Waals surface area contributed by atoms with Gasteiger partial charge in [-0.2, -0.15) is 5.10 Å². The molecule has 0 bridgehead atoms. The lowest BCUT2D eigenvalue weighted by atomic mass is 10.1. The molecule has 0 saturated carbocycles. The molecule has 0 aliphatic rings. The maximum atomic E-state index is 13.2. The number of methoxy groups -OCH3 is 1. The quantitative estimate of drug-likeness (QED) is 0.535. The SMILES string of the molecule is CC[C@H](C(=O)NCc1ccc(OC)cc1)n1c2ccccc2c2cnn(C)c(=O)c21. The lowest BCUT2D eigenvalue weighted by molar-refractivity contribution is -0.124. The molecule has 1 atom stereocenters. The average Bonchev–Trinajstić information content (AvgIpc) is 3.11. The summed E-state index contributed by atoms with van der Waals surface area (Å²) in [6.07, 6.45) is 2.24. The van der Waals surface area contributed by atoms with Crippen LogP contribution in [0, 0.1) is 0 Å². The van der Waals surface area contributed by atoms with Gasteiger partial charge in [-0.1, -0.05) is 37.3 Å². The number of rotatable bonds is 6. The van der Waals surface area contributed by atoms with Crippen molar-refractivity contribution in [2.45, 2.75) is 25.9 Å². The van der Waals surface area contributed by atoms with E-state index in [1.165, 1.54) is 4.68 Å². The van der Waals surface area contributed by atoms with E-state index in [2.05, 4.69) is 10.4 Å². The van der Waals surface area contributed by atoms with Crippen molar-refractivity contribution in [1.82, 2.24) is 19.7 Å². The van der Waals surface area contributed by atoms with Crippen LogP contribution in [0.3, 0.4) is 0 Å². The molecule has 30 heavy (non-hydrogen) atoms. The summed E-state index contributed by atoms with van der Waals surface area (Å²) >= 11 is 0. The predicted molar refractivity (Wildman–Crippen MR) is 117 cm³/mol. The van der Waals surface area contributed by atoms with Crippen molar-refractivity contribution in [3.05, 3.63) is 70.6 Å². The molecule has 0 unspecified atom stereocenters. The number of nitrogens with one attached hydrogen (secondary N) is 1. The molecule has 0 aliphatic heterocycles. The first-order valence-corrected chi connectivity index (χ1v) is 9.90. The van der Waals surface area contributed by atoms with Gasteiger partial charge in [0.15, 0.2) is 0 Å². The van der Waals surface area contributed by atoms with Crippen LogP contribution in [-0.4, -0.2) is 27.4 Å². The normalized spacial score (nSPS) is 12.2. The monoisotopic (exact) mass is 404 g/mol. The molecule has 0 saturated heterocycles. The van der Waals surface area contributed by atoms with E-state index in [1.807, 2.05) is 60.0 Å². The Balaban J connectivity index is 1.73. The molecule has 0 fully saturated rings. The van der Waals surface area contributed by atoms with E-state index in [9.17, 15) is 9.59 Å². The minimum Gasteiger partial charge on any atom is -0.497 e. The van der Waals surface area contributed by atoms with Gasteiger partial charge in [0.2, 0.25) is 5.91 Å². The fourth-order valence-corrected chi connectivity index (χ4v) is 3.85. The Morgan fingerprint density at radius 2 is 1.87 bits per heavy atom. The van der Waals surface area contributed by atoms with Gasteiger partial charge in [-0.25, -0.2) is 4.68 Å². The van der Waals surface area contributed by atoms with Gasteiger partial charge >= 0.3 is 0 Å². The third kappa shape index (κ3) is 3.32. The van der Waals surface area contributed by atoms with Crippen LogP contribution in [0.25, 0.3) is 21.8 Å². The Kier molecular flexibility index (Phi) is 5.27. The molecular formula is C23H24N4O3. The van der Waals surface area contributed by atoms with Crippen molar-refractivity contribution in [2.75, 3.05) is 7.11 Å². The van der Waals surface area contributed by atoms with Crippen LogP contribution in [0.2, 0.25) is 0 Å². The summed E-state index contributed by atoms with van der Waals surface area (Å²) in [5, 5.41) is 8.86. The number of aromatic nitrogens is 3. The van der Waals surface area contributed by atoms with Gasteiger partial charge in [-0.05, 0) is 30.2 Å². The van der Waals surface area contributed by atoms with E-state index in [-0.39, 0.29) is 11.5 Å². The van der Waals surface area contributed by atoms with Crippen LogP contribution in [-0.2, 0) is 18.4 Å². The molecule has 1 N–H and O–H groups in total. The molecule has 2 heterocycles. The van der Waals surface area contributed by atoms with Crippen LogP contribution in [0.15, 0.2) is 59.5 Å². The Bertz CT molecular complexity index is 1270. The van der Waals surface area contributed by atoms with Gasteiger partial charge in [0, 0.05) is 24.4 Å². The average molecular weight is 404 g/mol. The number of carbonyl (C=O) groups excluding carboxylic acids is 1. The van der Waals surface area contributed by atoms with Crippen LogP contribution < -0.4 is 15.6 Å². The van der Waals surface area contributed by atoms with Crippen molar-refractivity contribution in [1.29, 1.82) is 0 Å². The molecule has 7 heteroatoms. The first-order valence-electron chi connectivity index (χ1n) is 9.90. The van der Waals surface area contributed by atoms with Crippen molar-refractivity contribution in [3.63, 3.8) is 0 Å². The second kappa shape index (κ2) is 8.02. The zero-order valence-corrected chi connectivity index (χ0v) is 17.3. The molecule has 0 aliphatic carbocycles. The second-order valence-electron chi connectivity index (χ2n) is 7.21. The molecule has 1 amide bonds. The minimum atomic E-state index is -0.513. The van der Waals surface area contributed by atoms with E-state index >= 15 is 0 Å². The molecule has 4 aromatic rings. The third-order valence-corrected chi connectivity index (χ3v) is 5.43. The Labute approximate surface area is 173 Å². The van der Waals surface area contributed by atoms with E-state index in [0.717, 1.165) is 27.6 Å². The maximum Gasteiger partial charge on any atom is 0.291 e. The number of hydrogen-bond acceptors (Lipinski definition) is 4. The Morgan fingerprint density at radius 1 is 1.13 bits per heavy atom. The van der Waals surface area contributed by atoms with Crippen LogP contribution in [0.5, 0.6) is 5.75 Å². The predicted octanol–water partition coefficient (Wildman–Crippen LogP) is 3.16. The van der Waals surface area contributed by atoms with E-state index in [0.29, 0.717) is 18.5 Å². The number of fused-ring (bicyclic) bond motifs is 3. The summed E-state index contributed by atoms with van der Waals surface area (Å²) in [6.45, 7) is 2.35. The summed E-state index contributed by atoms with van der Waals surface area (Å²) in [6, 6.07) is 14.8. The highest BCUT2D eigenvalue weighted by atomic mass is 16.5. The first-order chi connectivity index (χ1) is 14.5. The third-order valence-electron chi connectivity index (χ3n) is 5.43. The van der Waals surface area contributed by atoms with E-state index in [1.54, 1.807) is 20.4 Å². The lowest BCUT2D eigenvalue weighted by Crippen LogP contribution is -2.33. The van der Waals surface area contributed by atoms with Crippen LogP contribution in [0.4, 0.5) is 0 Å². The number of nitrogens with zero attached hydrogens (tertiary/aromatic N) is 3. The highest BCUT2D eigenvalue weighted by Crippen LogP contribution is 2.30. The minimum absolute atomic E-state index is 0.130. The number of hydrogen-bond donors (Lipinski definition) is 1. The molecule has 2 aromatic carbocycles. The van der Waals surface area contributed by atoms with Gasteiger partial charge in [0.1, 0.15) is 17.3 Å². The molecular weight excluding hydrogens is 380 g/mol. The summed E-state index contributed by atoms with van der Waals surface area (Å²) < 4.78 is 8.34. The first kappa shape index (κ1) is 19.7. The largest absolute Gasteiger partial charge is 0.497 e.